The lowest BCUT2D eigenvalue weighted by atomic mass is 9.67. The average molecular weight is 185 g/mol. The maximum atomic E-state index is 9.70. The van der Waals surface area contributed by atoms with E-state index in [9.17, 15) is 5.11 Å². The Balaban J connectivity index is 2.64. The molecule has 0 unspecified atom stereocenters. The van der Waals surface area contributed by atoms with Gasteiger partial charge in [0.1, 0.15) is 0 Å². The Morgan fingerprint density at radius 1 is 1.23 bits per heavy atom. The minimum absolute atomic E-state index is 0.0204. The summed E-state index contributed by atoms with van der Waals surface area (Å²) in [6.07, 6.45) is 1.78. The van der Waals surface area contributed by atoms with Gasteiger partial charge in [-0.3, -0.25) is 0 Å². The van der Waals surface area contributed by atoms with Crippen LogP contribution in [0.4, 0.5) is 0 Å². The maximum Gasteiger partial charge on any atom is 0.0716 e. The molecule has 1 aliphatic rings. The molecule has 1 fully saturated rings. The third-order valence-corrected chi connectivity index (χ3v) is 3.46. The van der Waals surface area contributed by atoms with E-state index in [-0.39, 0.29) is 12.1 Å². The minimum atomic E-state index is -0.293. The zero-order chi connectivity index (χ0) is 10.2. The fourth-order valence-corrected chi connectivity index (χ4v) is 2.28. The van der Waals surface area contributed by atoms with E-state index in [4.69, 9.17) is 5.73 Å². The van der Waals surface area contributed by atoms with Gasteiger partial charge in [-0.25, -0.2) is 0 Å². The average Bonchev–Trinajstić information content (AvgIpc) is 1.97. The summed E-state index contributed by atoms with van der Waals surface area (Å²) in [5, 5.41) is 9.70. The number of hydrogen-bond acceptors (Lipinski definition) is 2. The molecule has 0 aromatic rings. The Bertz CT molecular complexity index is 161. The summed E-state index contributed by atoms with van der Waals surface area (Å²) >= 11 is 0. The van der Waals surface area contributed by atoms with Crippen LogP contribution in [0, 0.1) is 17.3 Å². The molecule has 1 aliphatic carbocycles. The number of hydrogen-bond donors (Lipinski definition) is 2. The summed E-state index contributed by atoms with van der Waals surface area (Å²) < 4.78 is 0. The molecule has 0 aromatic heterocycles. The SMILES string of the molecule is C[C@H]1C[C@H](C(C)(C)C)C[C@@H](N)[C@@H]1O. The first kappa shape index (κ1) is 11.0. The predicted octanol–water partition coefficient (Wildman–Crippen LogP) is 1.77. The van der Waals surface area contributed by atoms with E-state index in [0.717, 1.165) is 12.8 Å². The molecule has 4 atom stereocenters. The number of rotatable bonds is 0. The Kier molecular flexibility index (Phi) is 3.03. The molecule has 0 aromatic carbocycles. The summed E-state index contributed by atoms with van der Waals surface area (Å²) in [4.78, 5) is 0. The van der Waals surface area contributed by atoms with Gasteiger partial charge in [-0.1, -0.05) is 27.7 Å². The van der Waals surface area contributed by atoms with Crippen molar-refractivity contribution in [3.8, 4) is 0 Å². The van der Waals surface area contributed by atoms with Crippen molar-refractivity contribution in [1.82, 2.24) is 0 Å². The smallest absolute Gasteiger partial charge is 0.0716 e. The van der Waals surface area contributed by atoms with Crippen LogP contribution in [0.25, 0.3) is 0 Å². The number of nitrogens with two attached hydrogens (primary N) is 1. The van der Waals surface area contributed by atoms with Crippen molar-refractivity contribution in [2.75, 3.05) is 0 Å². The van der Waals surface area contributed by atoms with E-state index >= 15 is 0 Å². The van der Waals surface area contributed by atoms with Gasteiger partial charge in [0.2, 0.25) is 0 Å². The van der Waals surface area contributed by atoms with Gasteiger partial charge >= 0.3 is 0 Å². The second-order valence-corrected chi connectivity index (χ2v) is 5.67. The summed E-state index contributed by atoms with van der Waals surface area (Å²) in [5.41, 5.74) is 6.23. The van der Waals surface area contributed by atoms with Gasteiger partial charge in [-0.2, -0.15) is 0 Å². The van der Waals surface area contributed by atoms with Crippen LogP contribution < -0.4 is 5.73 Å². The molecule has 0 saturated heterocycles. The van der Waals surface area contributed by atoms with Crippen molar-refractivity contribution in [2.45, 2.75) is 52.7 Å². The standard InChI is InChI=1S/C11H23NO/c1-7-5-8(11(2,3)4)6-9(12)10(7)13/h7-10,13H,5-6,12H2,1-4H3/t7-,8-,9+,10+/m0/s1. The third-order valence-electron chi connectivity index (χ3n) is 3.46. The van der Waals surface area contributed by atoms with Crippen molar-refractivity contribution in [3.63, 3.8) is 0 Å². The van der Waals surface area contributed by atoms with Gasteiger partial charge in [-0.15, -0.1) is 0 Å². The molecule has 0 radical (unpaired) electrons. The van der Waals surface area contributed by atoms with Crippen LogP contribution in [0.5, 0.6) is 0 Å². The molecular weight excluding hydrogens is 162 g/mol. The van der Waals surface area contributed by atoms with Gasteiger partial charge in [0.15, 0.2) is 0 Å². The molecule has 78 valence electrons. The van der Waals surface area contributed by atoms with Gasteiger partial charge < -0.3 is 10.8 Å². The molecule has 1 rings (SSSR count). The van der Waals surface area contributed by atoms with E-state index < -0.39 is 0 Å². The van der Waals surface area contributed by atoms with Crippen LogP contribution in [0.1, 0.15) is 40.5 Å². The zero-order valence-corrected chi connectivity index (χ0v) is 9.25. The highest BCUT2D eigenvalue weighted by Crippen LogP contribution is 2.39. The van der Waals surface area contributed by atoms with Crippen LogP contribution in [0.2, 0.25) is 0 Å². The lowest BCUT2D eigenvalue weighted by molar-refractivity contribution is 0.0106. The highest BCUT2D eigenvalue weighted by atomic mass is 16.3. The zero-order valence-electron chi connectivity index (χ0n) is 9.25. The lowest BCUT2D eigenvalue weighted by Crippen LogP contribution is -2.47. The monoisotopic (exact) mass is 185 g/mol. The van der Waals surface area contributed by atoms with Crippen molar-refractivity contribution < 1.29 is 5.11 Å². The first-order valence-electron chi connectivity index (χ1n) is 5.26. The molecular formula is C11H23NO. The molecule has 0 amide bonds. The summed E-state index contributed by atoms with van der Waals surface area (Å²) in [6.45, 7) is 8.88. The van der Waals surface area contributed by atoms with E-state index in [1.165, 1.54) is 0 Å². The van der Waals surface area contributed by atoms with Crippen LogP contribution in [0.15, 0.2) is 0 Å². The maximum absolute atomic E-state index is 9.70. The minimum Gasteiger partial charge on any atom is -0.391 e. The van der Waals surface area contributed by atoms with Gasteiger partial charge in [0.05, 0.1) is 6.10 Å². The van der Waals surface area contributed by atoms with Crippen molar-refractivity contribution in [1.29, 1.82) is 0 Å². The fraction of sp³-hybridized carbons (Fsp3) is 1.00. The molecule has 2 heteroatoms. The second kappa shape index (κ2) is 3.58. The summed E-state index contributed by atoms with van der Waals surface area (Å²) in [7, 11) is 0. The van der Waals surface area contributed by atoms with Crippen molar-refractivity contribution >= 4 is 0 Å². The Morgan fingerprint density at radius 2 is 1.77 bits per heavy atom. The van der Waals surface area contributed by atoms with Crippen LogP contribution in [0.3, 0.4) is 0 Å². The first-order chi connectivity index (χ1) is 5.82. The van der Waals surface area contributed by atoms with E-state index in [2.05, 4.69) is 27.7 Å². The van der Waals surface area contributed by atoms with Crippen molar-refractivity contribution in [3.05, 3.63) is 0 Å². The second-order valence-electron chi connectivity index (χ2n) is 5.67. The topological polar surface area (TPSA) is 46.2 Å². The molecule has 0 aliphatic heterocycles. The van der Waals surface area contributed by atoms with Crippen LogP contribution >= 0.6 is 0 Å². The Hall–Kier alpha value is -0.0800. The molecule has 3 N–H and O–H groups in total. The van der Waals surface area contributed by atoms with E-state index in [1.54, 1.807) is 0 Å². The highest BCUT2D eigenvalue weighted by Gasteiger charge is 2.37. The molecule has 0 bridgehead atoms. The molecule has 0 heterocycles. The van der Waals surface area contributed by atoms with Gasteiger partial charge in [0.25, 0.3) is 0 Å². The van der Waals surface area contributed by atoms with Gasteiger partial charge in [0, 0.05) is 6.04 Å². The van der Waals surface area contributed by atoms with Gasteiger partial charge in [-0.05, 0) is 30.1 Å². The fourth-order valence-electron chi connectivity index (χ4n) is 2.28. The van der Waals surface area contributed by atoms with Crippen molar-refractivity contribution in [2.24, 2.45) is 23.0 Å². The Morgan fingerprint density at radius 3 is 2.15 bits per heavy atom. The van der Waals surface area contributed by atoms with Crippen LogP contribution in [-0.4, -0.2) is 17.3 Å². The number of aliphatic hydroxyl groups is 1. The quantitative estimate of drug-likeness (QED) is 0.604. The van der Waals surface area contributed by atoms with E-state index in [0.29, 0.717) is 17.3 Å². The molecule has 13 heavy (non-hydrogen) atoms. The number of aliphatic hydroxyl groups excluding tert-OH is 1. The Labute approximate surface area is 81.5 Å². The largest absolute Gasteiger partial charge is 0.391 e. The first-order valence-corrected chi connectivity index (χ1v) is 5.26. The molecule has 2 nitrogen and oxygen atoms in total. The van der Waals surface area contributed by atoms with E-state index in [1.807, 2.05) is 0 Å². The molecule has 1 saturated carbocycles. The lowest BCUT2D eigenvalue weighted by Gasteiger charge is -2.42. The predicted molar refractivity (Wildman–Crippen MR) is 55.3 cm³/mol. The normalized spacial score (nSPS) is 42.0. The third kappa shape index (κ3) is 2.44. The highest BCUT2D eigenvalue weighted by molar-refractivity contribution is 4.90. The summed E-state index contributed by atoms with van der Waals surface area (Å²) in [6, 6.07) is -0.0204. The molecule has 0 spiro atoms. The summed E-state index contributed by atoms with van der Waals surface area (Å²) in [5.74, 6) is 1.01. The van der Waals surface area contributed by atoms with Crippen LogP contribution in [-0.2, 0) is 0 Å².